The average Bonchev–Trinajstić information content (AvgIpc) is 2.61. The molecule has 0 spiro atoms. The molecule has 0 radical (unpaired) electrons. The number of hydrogen-bond donors (Lipinski definition) is 1. The molecule has 1 aliphatic rings. The predicted octanol–water partition coefficient (Wildman–Crippen LogP) is 3.17. The summed E-state index contributed by atoms with van der Waals surface area (Å²) >= 11 is 0. The van der Waals surface area contributed by atoms with E-state index in [9.17, 15) is 9.59 Å². The molecule has 1 aliphatic heterocycles. The van der Waals surface area contributed by atoms with Gasteiger partial charge >= 0.3 is 0 Å². The number of rotatable bonds is 4. The van der Waals surface area contributed by atoms with Gasteiger partial charge in [0, 0.05) is 12.7 Å². The minimum absolute atomic E-state index is 0.0925. The number of nitrogens with one attached hydrogen (secondary N) is 1. The fourth-order valence-corrected chi connectivity index (χ4v) is 2.88. The molecule has 3 rings (SSSR count). The molecule has 2 amide bonds. The van der Waals surface area contributed by atoms with E-state index in [2.05, 4.69) is 12.2 Å². The molecule has 5 nitrogen and oxygen atoms in total. The molecule has 1 atom stereocenters. The Balaban J connectivity index is 1.70. The van der Waals surface area contributed by atoms with Gasteiger partial charge in [-0.3, -0.25) is 9.59 Å². The van der Waals surface area contributed by atoms with Crippen LogP contribution in [0.25, 0.3) is 0 Å². The minimum Gasteiger partial charge on any atom is -0.479 e. The molecule has 0 aliphatic carbocycles. The summed E-state index contributed by atoms with van der Waals surface area (Å²) in [5.74, 6) is 0.474. The maximum absolute atomic E-state index is 12.3. The van der Waals surface area contributed by atoms with Crippen molar-refractivity contribution >= 4 is 23.2 Å². The SMILES string of the molecule is CCc1ccc(NC(=O)Cc2ccc3c(c2)N(C)C(=O)C(C)O3)cc1. The zero-order valence-electron chi connectivity index (χ0n) is 14.7. The molecule has 1 N–H and O–H groups in total. The number of fused-ring (bicyclic) bond motifs is 1. The van der Waals surface area contributed by atoms with Gasteiger partial charge in [-0.1, -0.05) is 25.1 Å². The molecule has 0 bridgehead atoms. The highest BCUT2D eigenvalue weighted by atomic mass is 16.5. The molecule has 0 saturated carbocycles. The Labute approximate surface area is 147 Å². The van der Waals surface area contributed by atoms with E-state index in [1.165, 1.54) is 5.56 Å². The predicted molar refractivity (Wildman–Crippen MR) is 98.1 cm³/mol. The van der Waals surface area contributed by atoms with E-state index in [1.807, 2.05) is 42.5 Å². The molecule has 0 aromatic heterocycles. The summed E-state index contributed by atoms with van der Waals surface area (Å²) in [5, 5.41) is 2.90. The summed E-state index contributed by atoms with van der Waals surface area (Å²) in [6, 6.07) is 13.3. The van der Waals surface area contributed by atoms with Gasteiger partial charge in [-0.25, -0.2) is 0 Å². The van der Waals surface area contributed by atoms with Crippen LogP contribution < -0.4 is 15.0 Å². The van der Waals surface area contributed by atoms with E-state index in [1.54, 1.807) is 18.9 Å². The molecule has 130 valence electrons. The van der Waals surface area contributed by atoms with Crippen molar-refractivity contribution in [2.45, 2.75) is 32.8 Å². The molecule has 1 unspecified atom stereocenters. The monoisotopic (exact) mass is 338 g/mol. The fourth-order valence-electron chi connectivity index (χ4n) is 2.88. The van der Waals surface area contributed by atoms with Crippen molar-refractivity contribution in [2.75, 3.05) is 17.3 Å². The van der Waals surface area contributed by atoms with Crippen molar-refractivity contribution < 1.29 is 14.3 Å². The first kappa shape index (κ1) is 17.0. The van der Waals surface area contributed by atoms with Gasteiger partial charge in [0.15, 0.2) is 6.10 Å². The van der Waals surface area contributed by atoms with E-state index in [-0.39, 0.29) is 18.2 Å². The topological polar surface area (TPSA) is 58.6 Å². The number of anilines is 2. The Kier molecular flexibility index (Phi) is 4.74. The lowest BCUT2D eigenvalue weighted by Crippen LogP contribution is -2.42. The van der Waals surface area contributed by atoms with Crippen LogP contribution in [0.5, 0.6) is 5.75 Å². The lowest BCUT2D eigenvalue weighted by atomic mass is 10.1. The van der Waals surface area contributed by atoms with Crippen LogP contribution in [0, 0.1) is 0 Å². The average molecular weight is 338 g/mol. The maximum atomic E-state index is 12.3. The van der Waals surface area contributed by atoms with Crippen molar-refractivity contribution in [3.05, 3.63) is 53.6 Å². The highest BCUT2D eigenvalue weighted by molar-refractivity contribution is 5.99. The number of likely N-dealkylation sites (N-methyl/N-ethyl adjacent to an activating group) is 1. The zero-order valence-corrected chi connectivity index (χ0v) is 14.7. The van der Waals surface area contributed by atoms with Crippen LogP contribution in [0.4, 0.5) is 11.4 Å². The van der Waals surface area contributed by atoms with Gasteiger partial charge in [0.1, 0.15) is 5.75 Å². The summed E-state index contributed by atoms with van der Waals surface area (Å²) in [5.41, 5.74) is 3.54. The van der Waals surface area contributed by atoms with Crippen LogP contribution in [-0.4, -0.2) is 25.0 Å². The lowest BCUT2D eigenvalue weighted by Gasteiger charge is -2.30. The van der Waals surface area contributed by atoms with E-state index in [4.69, 9.17) is 4.74 Å². The number of benzene rings is 2. The maximum Gasteiger partial charge on any atom is 0.267 e. The Morgan fingerprint density at radius 2 is 1.84 bits per heavy atom. The van der Waals surface area contributed by atoms with E-state index in [0.29, 0.717) is 11.4 Å². The van der Waals surface area contributed by atoms with Crippen molar-refractivity contribution in [1.82, 2.24) is 0 Å². The van der Waals surface area contributed by atoms with E-state index >= 15 is 0 Å². The highest BCUT2D eigenvalue weighted by Gasteiger charge is 2.28. The van der Waals surface area contributed by atoms with Gasteiger partial charge in [-0.15, -0.1) is 0 Å². The van der Waals surface area contributed by atoms with E-state index in [0.717, 1.165) is 17.7 Å². The molecule has 2 aromatic rings. The first-order chi connectivity index (χ1) is 12.0. The zero-order chi connectivity index (χ0) is 18.0. The number of ether oxygens (including phenoxy) is 1. The number of carbonyl (C=O) groups excluding carboxylic acids is 2. The molecular weight excluding hydrogens is 316 g/mol. The molecule has 1 heterocycles. The summed E-state index contributed by atoms with van der Waals surface area (Å²) in [7, 11) is 1.72. The molecule has 0 fully saturated rings. The minimum atomic E-state index is -0.488. The first-order valence-corrected chi connectivity index (χ1v) is 8.44. The summed E-state index contributed by atoms with van der Waals surface area (Å²) < 4.78 is 5.60. The van der Waals surface area contributed by atoms with E-state index < -0.39 is 6.10 Å². The van der Waals surface area contributed by atoms with Crippen molar-refractivity contribution in [3.63, 3.8) is 0 Å². The molecule has 2 aromatic carbocycles. The van der Waals surface area contributed by atoms with Crippen LogP contribution in [0.3, 0.4) is 0 Å². The number of amides is 2. The van der Waals surface area contributed by atoms with Crippen LogP contribution in [0.15, 0.2) is 42.5 Å². The Morgan fingerprint density at radius 1 is 1.16 bits per heavy atom. The molecular formula is C20H22N2O3. The van der Waals surface area contributed by atoms with Gasteiger partial charge in [-0.2, -0.15) is 0 Å². The van der Waals surface area contributed by atoms with Gasteiger partial charge in [0.25, 0.3) is 5.91 Å². The second-order valence-electron chi connectivity index (χ2n) is 6.23. The third kappa shape index (κ3) is 3.65. The highest BCUT2D eigenvalue weighted by Crippen LogP contribution is 2.34. The quantitative estimate of drug-likeness (QED) is 0.931. The Bertz CT molecular complexity index is 799. The lowest BCUT2D eigenvalue weighted by molar-refractivity contribution is -0.125. The summed E-state index contributed by atoms with van der Waals surface area (Å²) in [6.45, 7) is 3.82. The third-order valence-electron chi connectivity index (χ3n) is 4.38. The van der Waals surface area contributed by atoms with Crippen LogP contribution in [0.1, 0.15) is 25.0 Å². The van der Waals surface area contributed by atoms with Crippen LogP contribution in [-0.2, 0) is 22.4 Å². The fraction of sp³-hybridized carbons (Fsp3) is 0.300. The number of carbonyl (C=O) groups is 2. The smallest absolute Gasteiger partial charge is 0.267 e. The van der Waals surface area contributed by atoms with Crippen LogP contribution in [0.2, 0.25) is 0 Å². The second-order valence-corrected chi connectivity index (χ2v) is 6.23. The number of aryl methyl sites for hydroxylation is 1. The summed E-state index contributed by atoms with van der Waals surface area (Å²) in [6.07, 6.45) is 0.717. The molecule has 0 saturated heterocycles. The van der Waals surface area contributed by atoms with Gasteiger partial charge in [-0.05, 0) is 48.7 Å². The number of nitrogens with zero attached hydrogens (tertiary/aromatic N) is 1. The van der Waals surface area contributed by atoms with Crippen molar-refractivity contribution in [1.29, 1.82) is 0 Å². The van der Waals surface area contributed by atoms with Crippen LogP contribution >= 0.6 is 0 Å². The van der Waals surface area contributed by atoms with Gasteiger partial charge in [0.2, 0.25) is 5.91 Å². The van der Waals surface area contributed by atoms with Crippen molar-refractivity contribution in [2.24, 2.45) is 0 Å². The Morgan fingerprint density at radius 3 is 2.52 bits per heavy atom. The Hall–Kier alpha value is -2.82. The second kappa shape index (κ2) is 6.97. The summed E-state index contributed by atoms with van der Waals surface area (Å²) in [4.78, 5) is 25.9. The number of hydrogen-bond acceptors (Lipinski definition) is 3. The van der Waals surface area contributed by atoms with Gasteiger partial charge in [0.05, 0.1) is 12.1 Å². The third-order valence-corrected chi connectivity index (χ3v) is 4.38. The van der Waals surface area contributed by atoms with Gasteiger partial charge < -0.3 is 15.0 Å². The first-order valence-electron chi connectivity index (χ1n) is 8.44. The molecule has 5 heteroatoms. The molecule has 25 heavy (non-hydrogen) atoms. The van der Waals surface area contributed by atoms with Crippen molar-refractivity contribution in [3.8, 4) is 5.75 Å². The standard InChI is InChI=1S/C20H22N2O3/c1-4-14-5-8-16(9-6-14)21-19(23)12-15-7-10-18-17(11-15)22(3)20(24)13(2)25-18/h5-11,13H,4,12H2,1-3H3,(H,21,23). The largest absolute Gasteiger partial charge is 0.479 e. The normalized spacial score (nSPS) is 16.2.